The molecule has 0 unspecified atom stereocenters. The highest BCUT2D eigenvalue weighted by Crippen LogP contribution is 2.18. The third-order valence-electron chi connectivity index (χ3n) is 10.1. The van der Waals surface area contributed by atoms with Gasteiger partial charge in [0, 0.05) is 19.6 Å². The van der Waals surface area contributed by atoms with Crippen molar-refractivity contribution in [1.29, 1.82) is 0 Å². The van der Waals surface area contributed by atoms with Crippen molar-refractivity contribution in [1.82, 2.24) is 9.80 Å². The van der Waals surface area contributed by atoms with Crippen molar-refractivity contribution in [3.8, 4) is 0 Å². The van der Waals surface area contributed by atoms with Crippen molar-refractivity contribution in [2.45, 2.75) is 201 Å². The summed E-state index contributed by atoms with van der Waals surface area (Å²) in [6.07, 6.45) is 50.0. The van der Waals surface area contributed by atoms with E-state index in [2.05, 4.69) is 93.2 Å². The van der Waals surface area contributed by atoms with Gasteiger partial charge in [0.2, 0.25) is 0 Å². The third-order valence-corrected chi connectivity index (χ3v) is 10.1. The molecule has 0 bridgehead atoms. The molecule has 0 aromatic heterocycles. The molecule has 0 amide bonds. The third kappa shape index (κ3) is 37.9. The van der Waals surface area contributed by atoms with Crippen molar-refractivity contribution in [3.63, 3.8) is 0 Å². The maximum atomic E-state index is 12.6. The molecule has 0 atom stereocenters. The molecule has 0 radical (unpaired) electrons. The van der Waals surface area contributed by atoms with Crippen LogP contribution in [-0.2, 0) is 9.47 Å². The molecule has 5 heteroatoms. The summed E-state index contributed by atoms with van der Waals surface area (Å²) in [5.41, 5.74) is 0. The van der Waals surface area contributed by atoms with E-state index in [9.17, 15) is 4.79 Å². The Morgan fingerprint density at radius 1 is 0.500 bits per heavy atom. The Balaban J connectivity index is 4.29. The minimum absolute atomic E-state index is 0.0236. The summed E-state index contributed by atoms with van der Waals surface area (Å²) in [6.45, 7) is 14.2. The lowest BCUT2D eigenvalue weighted by atomic mass is 10.0. The van der Waals surface area contributed by atoms with Gasteiger partial charge in [0.25, 0.3) is 0 Å². The molecule has 0 aliphatic rings. The van der Waals surface area contributed by atoms with E-state index in [-0.39, 0.29) is 6.10 Å². The zero-order valence-corrected chi connectivity index (χ0v) is 35.4. The number of carbonyl (C=O) groups is 1. The van der Waals surface area contributed by atoms with E-state index >= 15 is 0 Å². The Labute approximate surface area is 325 Å². The van der Waals surface area contributed by atoms with Crippen LogP contribution in [0.4, 0.5) is 4.79 Å². The SMILES string of the molecule is CCCCC/C=C\C/C=C\CCCCCCCCC(CCCCCCCC/C=C\C/C=C\CCCCC)OC(=O)OCCN(C)CCN(CC)CC. The Morgan fingerprint density at radius 3 is 1.33 bits per heavy atom. The Bertz CT molecular complexity index is 800. The molecule has 0 N–H and O–H groups in total. The molecule has 304 valence electrons. The van der Waals surface area contributed by atoms with Gasteiger partial charge in [-0.05, 0) is 110 Å². The number of likely N-dealkylation sites (N-methyl/N-ethyl adjacent to an activating group) is 2. The zero-order valence-electron chi connectivity index (χ0n) is 35.4. The van der Waals surface area contributed by atoms with Gasteiger partial charge in [0.1, 0.15) is 12.7 Å². The fourth-order valence-corrected chi connectivity index (χ4v) is 6.40. The zero-order chi connectivity index (χ0) is 38.0. The molecular weight excluding hydrogens is 641 g/mol. The van der Waals surface area contributed by atoms with Crippen LogP contribution in [0, 0.1) is 0 Å². The molecule has 0 fully saturated rings. The number of ether oxygens (including phenoxy) is 2. The Hall–Kier alpha value is -1.85. The predicted molar refractivity (Wildman–Crippen MR) is 229 cm³/mol. The van der Waals surface area contributed by atoms with Gasteiger partial charge < -0.3 is 19.3 Å². The minimum atomic E-state index is -0.484. The highest BCUT2D eigenvalue weighted by Gasteiger charge is 2.16. The van der Waals surface area contributed by atoms with Gasteiger partial charge >= 0.3 is 6.16 Å². The molecule has 0 spiro atoms. The minimum Gasteiger partial charge on any atom is -0.433 e. The molecule has 0 aliphatic heterocycles. The molecule has 5 nitrogen and oxygen atoms in total. The van der Waals surface area contributed by atoms with Crippen molar-refractivity contribution < 1.29 is 14.3 Å². The average Bonchev–Trinajstić information content (AvgIpc) is 3.14. The van der Waals surface area contributed by atoms with Gasteiger partial charge in [0.05, 0.1) is 0 Å². The first kappa shape index (κ1) is 50.1. The number of carbonyl (C=O) groups excluding carboxylic acids is 1. The van der Waals surface area contributed by atoms with E-state index in [1.54, 1.807) is 0 Å². The van der Waals surface area contributed by atoms with Crippen molar-refractivity contribution >= 4 is 6.16 Å². The van der Waals surface area contributed by atoms with Crippen LogP contribution in [0.15, 0.2) is 48.6 Å². The van der Waals surface area contributed by atoms with Gasteiger partial charge in [-0.15, -0.1) is 0 Å². The molecule has 0 aromatic rings. The van der Waals surface area contributed by atoms with E-state index in [1.165, 1.54) is 128 Å². The highest BCUT2D eigenvalue weighted by atomic mass is 16.7. The van der Waals surface area contributed by atoms with Crippen LogP contribution in [0.3, 0.4) is 0 Å². The normalized spacial score (nSPS) is 12.4. The Kier molecular flexibility index (Phi) is 40.4. The summed E-state index contributed by atoms with van der Waals surface area (Å²) in [4.78, 5) is 17.3. The summed E-state index contributed by atoms with van der Waals surface area (Å²) in [6, 6.07) is 0. The molecule has 52 heavy (non-hydrogen) atoms. The monoisotopic (exact) mass is 729 g/mol. The summed E-state index contributed by atoms with van der Waals surface area (Å²) < 4.78 is 11.4. The topological polar surface area (TPSA) is 42.0 Å². The van der Waals surface area contributed by atoms with Crippen LogP contribution in [0.1, 0.15) is 195 Å². The summed E-state index contributed by atoms with van der Waals surface area (Å²) in [7, 11) is 2.10. The van der Waals surface area contributed by atoms with Gasteiger partial charge in [-0.3, -0.25) is 0 Å². The van der Waals surface area contributed by atoms with Crippen molar-refractivity contribution in [2.75, 3.05) is 46.4 Å². The van der Waals surface area contributed by atoms with E-state index in [0.717, 1.165) is 71.2 Å². The quantitative estimate of drug-likeness (QED) is 0.0358. The smallest absolute Gasteiger partial charge is 0.433 e. The number of unbranched alkanes of at least 4 members (excludes halogenated alkanes) is 18. The molecule has 0 aromatic carbocycles. The second kappa shape index (κ2) is 41.9. The predicted octanol–water partition coefficient (Wildman–Crippen LogP) is 14.2. The number of allylic oxidation sites excluding steroid dienone is 8. The summed E-state index contributed by atoms with van der Waals surface area (Å²) >= 11 is 0. The van der Waals surface area contributed by atoms with E-state index in [0.29, 0.717) is 6.61 Å². The lowest BCUT2D eigenvalue weighted by Gasteiger charge is -2.23. The van der Waals surface area contributed by atoms with Crippen molar-refractivity contribution in [3.05, 3.63) is 48.6 Å². The molecule has 0 rings (SSSR count). The molecule has 0 saturated heterocycles. The fraction of sp³-hybridized carbons (Fsp3) is 0.809. The fourth-order valence-electron chi connectivity index (χ4n) is 6.40. The summed E-state index contributed by atoms with van der Waals surface area (Å²) in [5.74, 6) is 0. The number of rotatable bonds is 39. The average molecular weight is 729 g/mol. The standard InChI is InChI=1S/C47H88N2O3/c1-6-10-12-14-16-18-20-22-24-26-28-30-32-34-36-38-40-46(52-47(50)51-45-44-48(5)42-43-49(8-3)9-4)41-39-37-35-33-31-29-27-25-23-21-19-17-15-13-11-7-2/h16-19,22-25,46H,6-15,20-21,26-45H2,1-5H3/b18-16-,19-17-,24-22-,25-23-. The van der Waals surface area contributed by atoms with Gasteiger partial charge in [-0.1, -0.05) is 153 Å². The maximum Gasteiger partial charge on any atom is 0.508 e. The van der Waals surface area contributed by atoms with Crippen LogP contribution in [0.2, 0.25) is 0 Å². The Morgan fingerprint density at radius 2 is 0.904 bits per heavy atom. The van der Waals surface area contributed by atoms with Crippen LogP contribution < -0.4 is 0 Å². The highest BCUT2D eigenvalue weighted by molar-refractivity contribution is 5.60. The van der Waals surface area contributed by atoms with Crippen LogP contribution in [0.5, 0.6) is 0 Å². The van der Waals surface area contributed by atoms with Crippen LogP contribution in [0.25, 0.3) is 0 Å². The van der Waals surface area contributed by atoms with Crippen LogP contribution in [-0.4, -0.2) is 68.4 Å². The van der Waals surface area contributed by atoms with E-state index in [4.69, 9.17) is 9.47 Å². The number of nitrogens with zero attached hydrogens (tertiary/aromatic N) is 2. The second-order valence-corrected chi connectivity index (χ2v) is 14.9. The first-order valence-corrected chi connectivity index (χ1v) is 22.4. The second-order valence-electron chi connectivity index (χ2n) is 14.9. The number of hydrogen-bond donors (Lipinski definition) is 0. The van der Waals surface area contributed by atoms with Gasteiger partial charge in [-0.2, -0.15) is 0 Å². The maximum absolute atomic E-state index is 12.6. The van der Waals surface area contributed by atoms with Crippen molar-refractivity contribution in [2.24, 2.45) is 0 Å². The first-order chi connectivity index (χ1) is 25.6. The lowest BCUT2D eigenvalue weighted by molar-refractivity contribution is 0.0128. The molecular formula is C47H88N2O3. The van der Waals surface area contributed by atoms with Crippen LogP contribution >= 0.6 is 0 Å². The molecule has 0 heterocycles. The van der Waals surface area contributed by atoms with E-state index in [1.807, 2.05) is 0 Å². The number of hydrogen-bond acceptors (Lipinski definition) is 5. The molecule has 0 aliphatic carbocycles. The lowest BCUT2D eigenvalue weighted by Crippen LogP contribution is -2.35. The summed E-state index contributed by atoms with van der Waals surface area (Å²) in [5, 5.41) is 0. The largest absolute Gasteiger partial charge is 0.508 e. The van der Waals surface area contributed by atoms with Gasteiger partial charge in [0.15, 0.2) is 0 Å². The first-order valence-electron chi connectivity index (χ1n) is 22.4. The van der Waals surface area contributed by atoms with Gasteiger partial charge in [-0.25, -0.2) is 4.79 Å². The van der Waals surface area contributed by atoms with E-state index < -0.39 is 6.16 Å². The molecule has 0 saturated carbocycles.